The molecular formula is C3H4ClNOSe. The molecule has 1 unspecified atom stereocenters. The van der Waals surface area contributed by atoms with E-state index in [1.54, 1.807) is 0 Å². The maximum atomic E-state index is 10.1. The predicted molar refractivity (Wildman–Crippen MR) is 28.2 cm³/mol. The fourth-order valence-corrected chi connectivity index (χ4v) is 1.76. The molecular weight excluding hydrogens is 180 g/mol. The van der Waals surface area contributed by atoms with Crippen LogP contribution in [0, 0.1) is 0 Å². The summed E-state index contributed by atoms with van der Waals surface area (Å²) < 4.78 is 0. The van der Waals surface area contributed by atoms with Crippen LogP contribution in [0.25, 0.3) is 0 Å². The monoisotopic (exact) mass is 185 g/mol. The molecule has 1 aliphatic rings. The summed E-state index contributed by atoms with van der Waals surface area (Å²) in [4.78, 5) is 10.4. The van der Waals surface area contributed by atoms with Crippen molar-refractivity contribution in [2.45, 2.75) is 11.4 Å². The van der Waals surface area contributed by atoms with Gasteiger partial charge in [0.2, 0.25) is 0 Å². The van der Waals surface area contributed by atoms with Gasteiger partial charge in [-0.25, -0.2) is 0 Å². The Balaban J connectivity index is 2.17. The van der Waals surface area contributed by atoms with Crippen LogP contribution in [0.2, 0.25) is 0 Å². The molecule has 2 nitrogen and oxygen atoms in total. The Hall–Kier alpha value is 0.279. The van der Waals surface area contributed by atoms with Gasteiger partial charge in [0.25, 0.3) is 0 Å². The van der Waals surface area contributed by atoms with E-state index in [4.69, 9.17) is 10.1 Å². The summed E-state index contributed by atoms with van der Waals surface area (Å²) in [6.45, 7) is 0. The van der Waals surface area contributed by atoms with Crippen LogP contribution < -0.4 is 5.32 Å². The van der Waals surface area contributed by atoms with Crippen LogP contribution in [0.5, 0.6) is 0 Å². The zero-order valence-corrected chi connectivity index (χ0v) is 5.95. The third kappa shape index (κ3) is 1.09. The van der Waals surface area contributed by atoms with Crippen molar-refractivity contribution >= 4 is 30.1 Å². The van der Waals surface area contributed by atoms with Gasteiger partial charge in [0.05, 0.1) is 0 Å². The molecule has 1 N–H and O–H groups in total. The third-order valence-corrected chi connectivity index (χ3v) is 2.97. The molecule has 1 saturated heterocycles. The van der Waals surface area contributed by atoms with Gasteiger partial charge in [0.15, 0.2) is 0 Å². The summed E-state index contributed by atoms with van der Waals surface area (Å²) in [5.74, 6) is 0.132. The van der Waals surface area contributed by atoms with Gasteiger partial charge in [-0.1, -0.05) is 0 Å². The Morgan fingerprint density at radius 1 is 2.00 bits per heavy atom. The minimum atomic E-state index is 0.0912. The molecule has 0 aliphatic carbocycles. The molecule has 1 fully saturated rings. The van der Waals surface area contributed by atoms with Gasteiger partial charge in [-0.05, 0) is 0 Å². The first-order valence-electron chi connectivity index (χ1n) is 1.89. The summed E-state index contributed by atoms with van der Waals surface area (Å²) >= 11 is 0.0912. The summed E-state index contributed by atoms with van der Waals surface area (Å²) in [7, 11) is 5.42. The van der Waals surface area contributed by atoms with E-state index in [2.05, 4.69) is 5.32 Å². The molecule has 0 bridgehead atoms. The topological polar surface area (TPSA) is 29.1 Å². The summed E-state index contributed by atoms with van der Waals surface area (Å²) in [5.41, 5.74) is 0. The summed E-state index contributed by atoms with van der Waals surface area (Å²) in [6.07, 6.45) is 0.642. The van der Waals surface area contributed by atoms with Gasteiger partial charge < -0.3 is 0 Å². The van der Waals surface area contributed by atoms with Crippen LogP contribution in [0.15, 0.2) is 0 Å². The Morgan fingerprint density at radius 2 is 2.57 bits per heavy atom. The van der Waals surface area contributed by atoms with E-state index in [0.29, 0.717) is 11.4 Å². The van der Waals surface area contributed by atoms with Crippen molar-refractivity contribution in [1.29, 1.82) is 0 Å². The number of halogens is 1. The van der Waals surface area contributed by atoms with E-state index in [-0.39, 0.29) is 20.0 Å². The molecule has 1 heterocycles. The van der Waals surface area contributed by atoms with Gasteiger partial charge in [-0.3, -0.25) is 0 Å². The molecule has 4 heteroatoms. The fourth-order valence-electron chi connectivity index (χ4n) is 0.381. The average Bonchev–Trinajstić information content (AvgIpc) is 1.58. The molecule has 1 rings (SSSR count). The van der Waals surface area contributed by atoms with Crippen LogP contribution in [0.1, 0.15) is 6.42 Å². The average molecular weight is 184 g/mol. The van der Waals surface area contributed by atoms with Gasteiger partial charge >= 0.3 is 51.5 Å². The molecule has 7 heavy (non-hydrogen) atoms. The first-order valence-corrected chi connectivity index (χ1v) is 5.13. The summed E-state index contributed by atoms with van der Waals surface area (Å²) in [5, 5.41) is 2.65. The summed E-state index contributed by atoms with van der Waals surface area (Å²) in [6, 6.07) is 0. The van der Waals surface area contributed by atoms with E-state index < -0.39 is 0 Å². The Kier molecular flexibility index (Phi) is 1.57. The second-order valence-corrected chi connectivity index (χ2v) is 3.84. The number of nitrogens with one attached hydrogen (secondary N) is 1. The maximum absolute atomic E-state index is 10.1. The molecule has 40 valence electrons. The van der Waals surface area contributed by atoms with E-state index in [9.17, 15) is 4.79 Å². The van der Waals surface area contributed by atoms with Crippen molar-refractivity contribution in [2.75, 3.05) is 0 Å². The van der Waals surface area contributed by atoms with Crippen LogP contribution >= 0.6 is 10.1 Å². The van der Waals surface area contributed by atoms with Crippen LogP contribution in [-0.2, 0) is 4.79 Å². The van der Waals surface area contributed by atoms with Crippen molar-refractivity contribution < 1.29 is 4.79 Å². The molecule has 0 saturated carbocycles. The standard InChI is InChI=1S/C3H4ClNOSe/c4-7-3-1-2(6)5-3/h3H,1H2,(H,5,6). The fraction of sp³-hybridized carbons (Fsp3) is 0.667. The number of carbonyl (C=O) groups excluding carboxylic acids is 1. The van der Waals surface area contributed by atoms with Gasteiger partial charge in [0, 0.05) is 0 Å². The van der Waals surface area contributed by atoms with Crippen molar-refractivity contribution in [1.82, 2.24) is 5.32 Å². The zero-order chi connectivity index (χ0) is 5.28. The first kappa shape index (κ1) is 5.42. The quantitative estimate of drug-likeness (QED) is 0.440. The molecule has 0 radical (unpaired) electrons. The van der Waals surface area contributed by atoms with E-state index in [0.717, 1.165) is 0 Å². The molecule has 1 amide bonds. The Bertz CT molecular complexity index is 88.9. The molecule has 0 aromatic carbocycles. The van der Waals surface area contributed by atoms with Gasteiger partial charge in [-0.15, -0.1) is 0 Å². The second-order valence-electron chi connectivity index (χ2n) is 1.35. The van der Waals surface area contributed by atoms with Crippen LogP contribution in [0.3, 0.4) is 0 Å². The first-order chi connectivity index (χ1) is 3.33. The minimum absolute atomic E-state index is 0.0912. The Labute approximate surface area is 52.0 Å². The number of hydrogen-bond donors (Lipinski definition) is 1. The molecule has 0 spiro atoms. The van der Waals surface area contributed by atoms with Crippen molar-refractivity contribution in [3.8, 4) is 0 Å². The van der Waals surface area contributed by atoms with Crippen LogP contribution in [0.4, 0.5) is 0 Å². The molecule has 0 aromatic heterocycles. The van der Waals surface area contributed by atoms with Crippen molar-refractivity contribution in [2.24, 2.45) is 0 Å². The third-order valence-electron chi connectivity index (χ3n) is 0.800. The zero-order valence-electron chi connectivity index (χ0n) is 3.48. The molecule has 1 aliphatic heterocycles. The van der Waals surface area contributed by atoms with Crippen molar-refractivity contribution in [3.05, 3.63) is 0 Å². The van der Waals surface area contributed by atoms with Gasteiger partial charge in [0.1, 0.15) is 0 Å². The second kappa shape index (κ2) is 2.03. The number of carbonyl (C=O) groups is 1. The SMILES string of the molecule is O=C1CC([Se]Cl)N1. The van der Waals surface area contributed by atoms with Crippen LogP contribution in [-0.4, -0.2) is 24.9 Å². The Morgan fingerprint density at radius 3 is 2.71 bits per heavy atom. The normalized spacial score (nSPS) is 28.7. The van der Waals surface area contributed by atoms with E-state index in [1.165, 1.54) is 0 Å². The number of hydrogen-bond acceptors (Lipinski definition) is 1. The molecule has 1 atom stereocenters. The molecule has 0 aromatic rings. The number of amides is 1. The van der Waals surface area contributed by atoms with E-state index >= 15 is 0 Å². The number of rotatable bonds is 1. The van der Waals surface area contributed by atoms with Gasteiger partial charge in [-0.2, -0.15) is 0 Å². The van der Waals surface area contributed by atoms with E-state index in [1.807, 2.05) is 0 Å². The van der Waals surface area contributed by atoms with Crippen molar-refractivity contribution in [3.63, 3.8) is 0 Å². The predicted octanol–water partition coefficient (Wildman–Crippen LogP) is -0.310. The number of β-lactam (4-membered cyclic amide) rings is 1.